The van der Waals surface area contributed by atoms with Crippen LogP contribution in [0.1, 0.15) is 16.2 Å². The molecule has 0 aromatic carbocycles. The second-order valence-corrected chi connectivity index (χ2v) is 7.37. The maximum Gasteiger partial charge on any atom is 0.358 e. The molecule has 0 atom stereocenters. The Labute approximate surface area is 149 Å². The van der Waals surface area contributed by atoms with Crippen LogP contribution >= 0.6 is 34.0 Å². The van der Waals surface area contributed by atoms with Crippen molar-refractivity contribution in [3.05, 3.63) is 57.2 Å². The molecule has 0 N–H and O–H groups in total. The minimum atomic E-state index is -0.464. The number of nitrogens with zero attached hydrogens (tertiary/aromatic N) is 2. The first kappa shape index (κ1) is 15.3. The summed E-state index contributed by atoms with van der Waals surface area (Å²) in [5.74, 6) is 0.206. The predicted molar refractivity (Wildman–Crippen MR) is 94.4 cm³/mol. The highest BCUT2D eigenvalue weighted by atomic mass is 32.1. The molecule has 4 aromatic rings. The molecular formula is C16H10N2O3S3. The third-order valence-electron chi connectivity index (χ3n) is 3.16. The number of esters is 1. The average Bonchev–Trinajstić information content (AvgIpc) is 3.40. The van der Waals surface area contributed by atoms with E-state index in [1.807, 2.05) is 34.3 Å². The third kappa shape index (κ3) is 3.16. The first-order chi connectivity index (χ1) is 11.8. The quantitative estimate of drug-likeness (QED) is 0.463. The number of rotatable bonds is 5. The number of hydrogen-bond donors (Lipinski definition) is 0. The van der Waals surface area contributed by atoms with Gasteiger partial charge in [-0.25, -0.2) is 9.78 Å². The summed E-state index contributed by atoms with van der Waals surface area (Å²) in [6, 6.07) is 7.63. The minimum absolute atomic E-state index is 0.0546. The summed E-state index contributed by atoms with van der Waals surface area (Å²) in [4.78, 5) is 17.4. The van der Waals surface area contributed by atoms with Crippen LogP contribution in [-0.4, -0.2) is 16.1 Å². The van der Waals surface area contributed by atoms with Crippen molar-refractivity contribution in [2.75, 3.05) is 0 Å². The van der Waals surface area contributed by atoms with Gasteiger partial charge in [0.15, 0.2) is 11.5 Å². The topological polar surface area (TPSA) is 65.2 Å². The highest BCUT2D eigenvalue weighted by Crippen LogP contribution is 2.27. The zero-order valence-corrected chi connectivity index (χ0v) is 14.6. The number of thiazole rings is 1. The lowest BCUT2D eigenvalue weighted by atomic mass is 10.3. The van der Waals surface area contributed by atoms with Gasteiger partial charge in [0.1, 0.15) is 17.3 Å². The van der Waals surface area contributed by atoms with Crippen molar-refractivity contribution in [1.82, 2.24) is 10.1 Å². The van der Waals surface area contributed by atoms with Crippen LogP contribution in [0.2, 0.25) is 0 Å². The molecule has 120 valence electrons. The van der Waals surface area contributed by atoms with Crippen LogP contribution in [0.3, 0.4) is 0 Å². The number of thiophene rings is 2. The predicted octanol–water partition coefficient (Wildman–Crippen LogP) is 4.95. The van der Waals surface area contributed by atoms with Crippen LogP contribution in [0.25, 0.3) is 21.2 Å². The maximum absolute atomic E-state index is 12.1. The summed E-state index contributed by atoms with van der Waals surface area (Å²) < 4.78 is 10.5. The molecule has 0 saturated carbocycles. The van der Waals surface area contributed by atoms with Crippen LogP contribution in [-0.2, 0) is 11.3 Å². The summed E-state index contributed by atoms with van der Waals surface area (Å²) in [6.45, 7) is 0.0546. The van der Waals surface area contributed by atoms with Gasteiger partial charge in [0.05, 0.1) is 4.88 Å². The molecule has 0 amide bonds. The number of carbonyl (C=O) groups is 1. The van der Waals surface area contributed by atoms with Crippen LogP contribution in [0, 0.1) is 0 Å². The van der Waals surface area contributed by atoms with Crippen LogP contribution in [0.5, 0.6) is 0 Å². The highest BCUT2D eigenvalue weighted by Gasteiger charge is 2.15. The summed E-state index contributed by atoms with van der Waals surface area (Å²) >= 11 is 4.58. The largest absolute Gasteiger partial charge is 0.454 e. The molecule has 8 heteroatoms. The summed E-state index contributed by atoms with van der Waals surface area (Å²) in [6.07, 6.45) is 0. The Bertz CT molecular complexity index is 939. The Hall–Kier alpha value is -2.29. The molecule has 24 heavy (non-hydrogen) atoms. The standard InChI is InChI=1S/C16H10N2O3S3/c19-16(12-9-24-15(17-12)10-3-5-22-8-10)20-7-11-6-13(21-18-11)14-2-1-4-23-14/h1-6,8-9H,7H2. The van der Waals surface area contributed by atoms with Crippen LogP contribution < -0.4 is 0 Å². The smallest absolute Gasteiger partial charge is 0.358 e. The molecule has 4 heterocycles. The molecule has 0 bridgehead atoms. The minimum Gasteiger partial charge on any atom is -0.454 e. The fourth-order valence-corrected chi connectivity index (χ4v) is 4.19. The third-order valence-corrected chi connectivity index (χ3v) is 5.61. The van der Waals surface area contributed by atoms with Gasteiger partial charge in [0, 0.05) is 22.4 Å². The Kier molecular flexibility index (Phi) is 4.24. The highest BCUT2D eigenvalue weighted by molar-refractivity contribution is 7.14. The molecule has 5 nitrogen and oxygen atoms in total. The van der Waals surface area contributed by atoms with Gasteiger partial charge in [-0.3, -0.25) is 0 Å². The van der Waals surface area contributed by atoms with E-state index in [9.17, 15) is 4.79 Å². The van der Waals surface area contributed by atoms with E-state index in [-0.39, 0.29) is 6.61 Å². The van der Waals surface area contributed by atoms with Gasteiger partial charge in [-0.1, -0.05) is 11.2 Å². The van der Waals surface area contributed by atoms with E-state index in [2.05, 4.69) is 10.1 Å². The first-order valence-corrected chi connectivity index (χ1v) is 9.64. The molecule has 0 radical (unpaired) electrons. The molecule has 0 aliphatic heterocycles. The van der Waals surface area contributed by atoms with E-state index in [4.69, 9.17) is 9.26 Å². The van der Waals surface area contributed by atoms with Gasteiger partial charge >= 0.3 is 5.97 Å². The molecular weight excluding hydrogens is 364 g/mol. The maximum atomic E-state index is 12.1. The Morgan fingerprint density at radius 2 is 2.17 bits per heavy atom. The molecule has 0 saturated heterocycles. The van der Waals surface area contributed by atoms with Crippen molar-refractivity contribution in [2.45, 2.75) is 6.61 Å². The Morgan fingerprint density at radius 3 is 2.96 bits per heavy atom. The van der Waals surface area contributed by atoms with Gasteiger partial charge in [-0.15, -0.1) is 22.7 Å². The number of carbonyl (C=O) groups excluding carboxylic acids is 1. The first-order valence-electron chi connectivity index (χ1n) is 6.94. The van der Waals surface area contributed by atoms with E-state index in [0.717, 1.165) is 15.4 Å². The van der Waals surface area contributed by atoms with Crippen molar-refractivity contribution in [2.24, 2.45) is 0 Å². The van der Waals surface area contributed by atoms with Crippen molar-refractivity contribution >= 4 is 40.0 Å². The molecule has 0 fully saturated rings. The monoisotopic (exact) mass is 374 g/mol. The summed E-state index contributed by atoms with van der Waals surface area (Å²) in [5.41, 5.74) is 1.89. The Morgan fingerprint density at radius 1 is 1.21 bits per heavy atom. The van der Waals surface area contributed by atoms with Gasteiger partial charge in [0.25, 0.3) is 0 Å². The zero-order valence-electron chi connectivity index (χ0n) is 12.2. The van der Waals surface area contributed by atoms with E-state index in [0.29, 0.717) is 17.1 Å². The van der Waals surface area contributed by atoms with Gasteiger partial charge in [-0.05, 0) is 22.9 Å². The second-order valence-electron chi connectivity index (χ2n) is 4.79. The molecule has 0 aliphatic rings. The normalized spacial score (nSPS) is 10.8. The molecule has 0 spiro atoms. The Balaban J connectivity index is 1.40. The number of ether oxygens (including phenoxy) is 1. The van der Waals surface area contributed by atoms with E-state index < -0.39 is 5.97 Å². The van der Waals surface area contributed by atoms with Crippen molar-refractivity contribution in [3.63, 3.8) is 0 Å². The lowest BCUT2D eigenvalue weighted by molar-refractivity contribution is 0.0458. The van der Waals surface area contributed by atoms with Crippen LogP contribution in [0.15, 0.2) is 50.3 Å². The molecule has 4 rings (SSSR count). The lowest BCUT2D eigenvalue weighted by Gasteiger charge is -1.98. The van der Waals surface area contributed by atoms with E-state index >= 15 is 0 Å². The average molecular weight is 374 g/mol. The van der Waals surface area contributed by atoms with Gasteiger partial charge in [0.2, 0.25) is 0 Å². The second kappa shape index (κ2) is 6.68. The molecule has 0 unspecified atom stereocenters. The van der Waals surface area contributed by atoms with Gasteiger partial charge < -0.3 is 9.26 Å². The molecule has 4 aromatic heterocycles. The summed E-state index contributed by atoms with van der Waals surface area (Å²) in [7, 11) is 0. The molecule has 0 aliphatic carbocycles. The summed E-state index contributed by atoms with van der Waals surface area (Å²) in [5, 5.41) is 12.4. The SMILES string of the molecule is O=C(OCc1cc(-c2cccs2)on1)c1csc(-c2ccsc2)n1. The zero-order chi connectivity index (χ0) is 16.4. The van der Waals surface area contributed by atoms with E-state index in [1.165, 1.54) is 11.3 Å². The van der Waals surface area contributed by atoms with Crippen molar-refractivity contribution in [1.29, 1.82) is 0 Å². The number of hydrogen-bond acceptors (Lipinski definition) is 8. The van der Waals surface area contributed by atoms with Crippen molar-refractivity contribution in [3.8, 4) is 21.2 Å². The fraction of sp³-hybridized carbons (Fsp3) is 0.0625. The number of aromatic nitrogens is 2. The fourth-order valence-electron chi connectivity index (χ4n) is 2.01. The van der Waals surface area contributed by atoms with Crippen LogP contribution in [0.4, 0.5) is 0 Å². The van der Waals surface area contributed by atoms with E-state index in [1.54, 1.807) is 34.1 Å². The van der Waals surface area contributed by atoms with Gasteiger partial charge in [-0.2, -0.15) is 11.3 Å². The lowest BCUT2D eigenvalue weighted by Crippen LogP contribution is -2.05. The van der Waals surface area contributed by atoms with Crippen molar-refractivity contribution < 1.29 is 14.1 Å².